The van der Waals surface area contributed by atoms with Crippen LogP contribution in [-0.4, -0.2) is 35.1 Å². The molecule has 0 saturated carbocycles. The first kappa shape index (κ1) is 14.6. The summed E-state index contributed by atoms with van der Waals surface area (Å²) in [5.74, 6) is 0.993. The molecule has 4 nitrogen and oxygen atoms in total. The minimum atomic E-state index is 0.732. The fourth-order valence-electron chi connectivity index (χ4n) is 2.72. The summed E-state index contributed by atoms with van der Waals surface area (Å²) in [4.78, 5) is 7.02. The van der Waals surface area contributed by atoms with Crippen LogP contribution in [0.4, 0.5) is 5.69 Å². The Bertz CT molecular complexity index is 802. The normalized spacial score (nSPS) is 11.5. The highest BCUT2D eigenvalue weighted by molar-refractivity contribution is 5.90. The lowest BCUT2D eigenvalue weighted by atomic mass is 10.1. The fourth-order valence-corrected chi connectivity index (χ4v) is 2.72. The lowest BCUT2D eigenvalue weighted by Gasteiger charge is -2.14. The molecule has 0 amide bonds. The summed E-state index contributed by atoms with van der Waals surface area (Å²) in [7, 11) is 4.17. The van der Waals surface area contributed by atoms with Gasteiger partial charge in [-0.1, -0.05) is 30.3 Å². The topological polar surface area (TPSA) is 47.1 Å². The predicted octanol–water partition coefficient (Wildman–Crippen LogP) is 3.16. The van der Waals surface area contributed by atoms with Crippen molar-refractivity contribution in [2.45, 2.75) is 13.5 Å². The smallest absolute Gasteiger partial charge is 0.141 e. The Kier molecular flexibility index (Phi) is 3.86. The van der Waals surface area contributed by atoms with E-state index in [-0.39, 0.29) is 0 Å². The number of nitrogens with zero attached hydrogens (tertiary/aromatic N) is 3. The van der Waals surface area contributed by atoms with Crippen LogP contribution in [0.3, 0.4) is 0 Å². The van der Waals surface area contributed by atoms with Crippen molar-refractivity contribution in [2.24, 2.45) is 0 Å². The zero-order valence-electron chi connectivity index (χ0n) is 13.4. The van der Waals surface area contributed by atoms with E-state index in [2.05, 4.69) is 60.8 Å². The summed E-state index contributed by atoms with van der Waals surface area (Å²) in [5.41, 5.74) is 11.2. The maximum atomic E-state index is 6.12. The summed E-state index contributed by atoms with van der Waals surface area (Å²) >= 11 is 0. The highest BCUT2D eigenvalue weighted by Crippen LogP contribution is 2.29. The molecule has 114 valence electrons. The number of nitrogens with two attached hydrogens (primary N) is 1. The van der Waals surface area contributed by atoms with E-state index in [1.54, 1.807) is 0 Å². The molecule has 0 saturated heterocycles. The molecule has 0 bridgehead atoms. The van der Waals surface area contributed by atoms with Crippen LogP contribution in [0.25, 0.3) is 22.4 Å². The second-order valence-electron chi connectivity index (χ2n) is 5.92. The van der Waals surface area contributed by atoms with Gasteiger partial charge >= 0.3 is 0 Å². The van der Waals surface area contributed by atoms with Gasteiger partial charge in [-0.25, -0.2) is 4.98 Å². The Balaban J connectivity index is 2.22. The number of imidazole rings is 1. The van der Waals surface area contributed by atoms with Gasteiger partial charge in [-0.3, -0.25) is 0 Å². The standard InChI is InChI=1S/C18H22N4/c1-13-7-4-5-8-14(13)18-20-17-15(19)9-6-10-16(17)22(18)12-11-21(2)3/h4-10H,11-12,19H2,1-3H3. The van der Waals surface area contributed by atoms with Crippen LogP contribution in [0.5, 0.6) is 0 Å². The zero-order chi connectivity index (χ0) is 15.7. The van der Waals surface area contributed by atoms with E-state index < -0.39 is 0 Å². The first-order chi connectivity index (χ1) is 10.6. The van der Waals surface area contributed by atoms with Gasteiger partial charge in [0.2, 0.25) is 0 Å². The maximum absolute atomic E-state index is 6.12. The highest BCUT2D eigenvalue weighted by Gasteiger charge is 2.15. The first-order valence-electron chi connectivity index (χ1n) is 7.53. The highest BCUT2D eigenvalue weighted by atomic mass is 15.1. The molecule has 0 fully saturated rings. The van der Waals surface area contributed by atoms with Crippen molar-refractivity contribution in [3.05, 3.63) is 48.0 Å². The minimum absolute atomic E-state index is 0.732. The number of hydrogen-bond acceptors (Lipinski definition) is 3. The summed E-state index contributed by atoms with van der Waals surface area (Å²) in [6.45, 7) is 3.96. The van der Waals surface area contributed by atoms with Crippen molar-refractivity contribution in [3.63, 3.8) is 0 Å². The van der Waals surface area contributed by atoms with E-state index in [1.165, 1.54) is 5.56 Å². The second-order valence-corrected chi connectivity index (χ2v) is 5.92. The van der Waals surface area contributed by atoms with Crippen LogP contribution in [0.15, 0.2) is 42.5 Å². The molecule has 3 rings (SSSR count). The molecule has 22 heavy (non-hydrogen) atoms. The number of nitrogen functional groups attached to an aromatic ring is 1. The van der Waals surface area contributed by atoms with Crippen LogP contribution in [0.1, 0.15) is 5.56 Å². The number of aromatic nitrogens is 2. The SMILES string of the molecule is Cc1ccccc1-c1nc2c(N)cccc2n1CCN(C)C. The third kappa shape index (κ3) is 2.57. The van der Waals surface area contributed by atoms with Gasteiger partial charge in [0.15, 0.2) is 0 Å². The Morgan fingerprint density at radius 1 is 1.09 bits per heavy atom. The van der Waals surface area contributed by atoms with Crippen molar-refractivity contribution < 1.29 is 0 Å². The van der Waals surface area contributed by atoms with E-state index in [4.69, 9.17) is 10.7 Å². The van der Waals surface area contributed by atoms with Crippen molar-refractivity contribution in [1.82, 2.24) is 14.5 Å². The van der Waals surface area contributed by atoms with E-state index in [1.807, 2.05) is 12.1 Å². The molecule has 0 aliphatic rings. The molecule has 0 unspecified atom stereocenters. The monoisotopic (exact) mass is 294 g/mol. The number of rotatable bonds is 4. The molecule has 2 N–H and O–H groups in total. The van der Waals surface area contributed by atoms with Gasteiger partial charge in [0.05, 0.1) is 11.2 Å². The molecule has 2 aromatic carbocycles. The summed E-state index contributed by atoms with van der Waals surface area (Å²) < 4.78 is 2.27. The fraction of sp³-hybridized carbons (Fsp3) is 0.278. The van der Waals surface area contributed by atoms with Crippen molar-refractivity contribution in [2.75, 3.05) is 26.4 Å². The Labute approximate surface area is 131 Å². The number of benzene rings is 2. The van der Waals surface area contributed by atoms with Crippen LogP contribution >= 0.6 is 0 Å². The molecule has 1 aromatic heterocycles. The number of hydrogen-bond donors (Lipinski definition) is 1. The quantitative estimate of drug-likeness (QED) is 0.752. The van der Waals surface area contributed by atoms with E-state index in [0.29, 0.717) is 0 Å². The molecule has 0 spiro atoms. The molecular weight excluding hydrogens is 272 g/mol. The van der Waals surface area contributed by atoms with Crippen molar-refractivity contribution in [3.8, 4) is 11.4 Å². The average Bonchev–Trinajstić information content (AvgIpc) is 2.85. The van der Waals surface area contributed by atoms with Gasteiger partial charge in [0.1, 0.15) is 11.3 Å². The number of anilines is 1. The predicted molar refractivity (Wildman–Crippen MR) is 92.9 cm³/mol. The van der Waals surface area contributed by atoms with Gasteiger partial charge < -0.3 is 15.2 Å². The van der Waals surface area contributed by atoms with Crippen LogP contribution in [0, 0.1) is 6.92 Å². The number of fused-ring (bicyclic) bond motifs is 1. The summed E-state index contributed by atoms with van der Waals surface area (Å²) in [5, 5.41) is 0. The molecule has 0 atom stereocenters. The molecule has 1 heterocycles. The number of likely N-dealkylation sites (N-methyl/N-ethyl adjacent to an activating group) is 1. The maximum Gasteiger partial charge on any atom is 0.141 e. The molecule has 4 heteroatoms. The van der Waals surface area contributed by atoms with Gasteiger partial charge in [-0.05, 0) is 38.7 Å². The lowest BCUT2D eigenvalue weighted by molar-refractivity contribution is 0.387. The zero-order valence-corrected chi connectivity index (χ0v) is 13.4. The van der Waals surface area contributed by atoms with E-state index in [0.717, 1.165) is 41.2 Å². The van der Waals surface area contributed by atoms with E-state index in [9.17, 15) is 0 Å². The van der Waals surface area contributed by atoms with Gasteiger partial charge in [-0.15, -0.1) is 0 Å². The minimum Gasteiger partial charge on any atom is -0.397 e. The Morgan fingerprint density at radius 3 is 2.59 bits per heavy atom. The summed E-state index contributed by atoms with van der Waals surface area (Å²) in [6, 6.07) is 14.4. The van der Waals surface area contributed by atoms with Gasteiger partial charge in [-0.2, -0.15) is 0 Å². The summed E-state index contributed by atoms with van der Waals surface area (Å²) in [6.07, 6.45) is 0. The van der Waals surface area contributed by atoms with E-state index >= 15 is 0 Å². The Hall–Kier alpha value is -2.33. The van der Waals surface area contributed by atoms with Crippen LogP contribution in [0.2, 0.25) is 0 Å². The second kappa shape index (κ2) is 5.81. The molecular formula is C18H22N4. The van der Waals surface area contributed by atoms with Crippen molar-refractivity contribution >= 4 is 16.7 Å². The number of para-hydroxylation sites is 1. The van der Waals surface area contributed by atoms with Gasteiger partial charge in [0, 0.05) is 18.7 Å². The molecule has 3 aromatic rings. The molecule has 0 radical (unpaired) electrons. The van der Waals surface area contributed by atoms with Crippen LogP contribution < -0.4 is 5.73 Å². The molecule has 0 aliphatic heterocycles. The van der Waals surface area contributed by atoms with Crippen LogP contribution in [-0.2, 0) is 6.54 Å². The van der Waals surface area contributed by atoms with Gasteiger partial charge in [0.25, 0.3) is 0 Å². The first-order valence-corrected chi connectivity index (χ1v) is 7.53. The largest absolute Gasteiger partial charge is 0.397 e. The lowest BCUT2D eigenvalue weighted by Crippen LogP contribution is -2.19. The Morgan fingerprint density at radius 2 is 1.86 bits per heavy atom. The average molecular weight is 294 g/mol. The third-order valence-corrected chi connectivity index (χ3v) is 3.97. The third-order valence-electron chi connectivity index (χ3n) is 3.97. The number of aryl methyl sites for hydroxylation is 1. The molecule has 0 aliphatic carbocycles. The van der Waals surface area contributed by atoms with Crippen molar-refractivity contribution in [1.29, 1.82) is 0 Å².